The molecule has 4 nitrogen and oxygen atoms in total. The number of carbonyl (C=O) groups is 1. The maximum atomic E-state index is 12.7. The molecular weight excluding hydrogens is 310 g/mol. The zero-order chi connectivity index (χ0) is 15.4. The highest BCUT2D eigenvalue weighted by Crippen LogP contribution is 2.19. The minimum absolute atomic E-state index is 0. The molecule has 0 aliphatic carbocycles. The van der Waals surface area contributed by atoms with Crippen molar-refractivity contribution in [3.63, 3.8) is 0 Å². The number of para-hydroxylation sites is 1. The summed E-state index contributed by atoms with van der Waals surface area (Å²) >= 11 is 0. The lowest BCUT2D eigenvalue weighted by atomic mass is 10.1. The molecule has 1 saturated heterocycles. The van der Waals surface area contributed by atoms with Crippen molar-refractivity contribution in [3.8, 4) is 0 Å². The van der Waals surface area contributed by atoms with Gasteiger partial charge in [-0.15, -0.1) is 12.4 Å². The van der Waals surface area contributed by atoms with Gasteiger partial charge in [0.1, 0.15) is 0 Å². The summed E-state index contributed by atoms with van der Waals surface area (Å²) in [6.45, 7) is 4.55. The molecular formula is C18H22ClN3O. The molecule has 0 aromatic heterocycles. The van der Waals surface area contributed by atoms with Crippen LogP contribution in [0.4, 0.5) is 11.4 Å². The van der Waals surface area contributed by atoms with Crippen LogP contribution in [0.3, 0.4) is 0 Å². The summed E-state index contributed by atoms with van der Waals surface area (Å²) in [4.78, 5) is 14.6. The van der Waals surface area contributed by atoms with Crippen molar-refractivity contribution in [2.24, 2.45) is 0 Å². The molecule has 3 rings (SSSR count). The van der Waals surface area contributed by atoms with Gasteiger partial charge in [-0.3, -0.25) is 4.79 Å². The first kappa shape index (κ1) is 17.3. The van der Waals surface area contributed by atoms with Gasteiger partial charge in [-0.2, -0.15) is 0 Å². The summed E-state index contributed by atoms with van der Waals surface area (Å²) in [7, 11) is 0. The molecule has 0 unspecified atom stereocenters. The van der Waals surface area contributed by atoms with E-state index in [0.717, 1.165) is 36.6 Å². The Kier molecular flexibility index (Phi) is 6.02. The molecule has 2 N–H and O–H groups in total. The number of hydrogen-bond donors (Lipinski definition) is 2. The third kappa shape index (κ3) is 4.24. The molecule has 122 valence electrons. The van der Waals surface area contributed by atoms with E-state index in [1.165, 1.54) is 0 Å². The minimum atomic E-state index is 0. The number of nitrogens with one attached hydrogen (secondary N) is 2. The van der Waals surface area contributed by atoms with E-state index < -0.39 is 0 Å². The van der Waals surface area contributed by atoms with Crippen LogP contribution in [0.2, 0.25) is 0 Å². The van der Waals surface area contributed by atoms with E-state index in [-0.39, 0.29) is 24.4 Å². The third-order valence-electron chi connectivity index (χ3n) is 3.93. The zero-order valence-electron chi connectivity index (χ0n) is 13.2. The molecule has 5 heteroatoms. The van der Waals surface area contributed by atoms with Crippen LogP contribution in [0, 0.1) is 0 Å². The average Bonchev–Trinajstić information content (AvgIpc) is 2.56. The number of rotatable bonds is 3. The molecule has 2 aromatic carbocycles. The van der Waals surface area contributed by atoms with E-state index in [4.69, 9.17) is 0 Å². The average molecular weight is 332 g/mol. The third-order valence-corrected chi connectivity index (χ3v) is 3.93. The molecule has 0 radical (unpaired) electrons. The standard InChI is InChI=1S/C18H21N3O.ClH/c1-14-13-19-10-11-21(14)18(22)15-6-5-9-17(12-15)20-16-7-3-2-4-8-16;/h2-9,12,14,19-20H,10-11,13H2,1H3;1H/t14-;/m0./s1. The first-order valence-corrected chi connectivity index (χ1v) is 7.68. The number of amides is 1. The summed E-state index contributed by atoms with van der Waals surface area (Å²) in [6.07, 6.45) is 0. The maximum absolute atomic E-state index is 12.7. The van der Waals surface area contributed by atoms with Crippen molar-refractivity contribution in [2.75, 3.05) is 25.0 Å². The summed E-state index contributed by atoms with van der Waals surface area (Å²) in [5.74, 6) is 0.103. The van der Waals surface area contributed by atoms with Gasteiger partial charge in [-0.05, 0) is 37.3 Å². The molecule has 23 heavy (non-hydrogen) atoms. The predicted octanol–water partition coefficient (Wildman–Crippen LogP) is 3.29. The van der Waals surface area contributed by atoms with Gasteiger partial charge < -0.3 is 15.5 Å². The second-order valence-corrected chi connectivity index (χ2v) is 5.62. The van der Waals surface area contributed by atoms with Gasteiger partial charge in [0.15, 0.2) is 0 Å². The van der Waals surface area contributed by atoms with Crippen LogP contribution in [0.25, 0.3) is 0 Å². The Morgan fingerprint density at radius 2 is 1.87 bits per heavy atom. The van der Waals surface area contributed by atoms with Gasteiger partial charge in [-0.1, -0.05) is 24.3 Å². The Balaban J connectivity index is 0.00000192. The predicted molar refractivity (Wildman–Crippen MR) is 96.8 cm³/mol. The lowest BCUT2D eigenvalue weighted by Gasteiger charge is -2.34. The van der Waals surface area contributed by atoms with Gasteiger partial charge >= 0.3 is 0 Å². The zero-order valence-corrected chi connectivity index (χ0v) is 14.0. The SMILES string of the molecule is C[C@H]1CNCCN1C(=O)c1cccc(Nc2ccccc2)c1.Cl. The Hall–Kier alpha value is -2.04. The monoisotopic (exact) mass is 331 g/mol. The van der Waals surface area contributed by atoms with Crippen molar-refractivity contribution in [2.45, 2.75) is 13.0 Å². The molecule has 1 atom stereocenters. The highest BCUT2D eigenvalue weighted by Gasteiger charge is 2.23. The normalized spacial score (nSPS) is 17.3. The smallest absolute Gasteiger partial charge is 0.254 e. The van der Waals surface area contributed by atoms with Gasteiger partial charge in [0.05, 0.1) is 0 Å². The summed E-state index contributed by atoms with van der Waals surface area (Å²) in [5, 5.41) is 6.64. The quantitative estimate of drug-likeness (QED) is 0.907. The van der Waals surface area contributed by atoms with Crippen LogP contribution in [0.1, 0.15) is 17.3 Å². The fourth-order valence-corrected chi connectivity index (χ4v) is 2.73. The van der Waals surface area contributed by atoms with Crippen molar-refractivity contribution < 1.29 is 4.79 Å². The topological polar surface area (TPSA) is 44.4 Å². The number of halogens is 1. The van der Waals surface area contributed by atoms with Crippen molar-refractivity contribution in [1.29, 1.82) is 0 Å². The number of piperazine rings is 1. The van der Waals surface area contributed by atoms with E-state index >= 15 is 0 Å². The second-order valence-electron chi connectivity index (χ2n) is 5.62. The fourth-order valence-electron chi connectivity index (χ4n) is 2.73. The van der Waals surface area contributed by atoms with Crippen molar-refractivity contribution in [3.05, 3.63) is 60.2 Å². The van der Waals surface area contributed by atoms with Crippen LogP contribution in [0.15, 0.2) is 54.6 Å². The van der Waals surface area contributed by atoms with Crippen LogP contribution in [0.5, 0.6) is 0 Å². The molecule has 0 spiro atoms. The number of nitrogens with zero attached hydrogens (tertiary/aromatic N) is 1. The number of carbonyl (C=O) groups excluding carboxylic acids is 1. The van der Waals surface area contributed by atoms with E-state index in [1.807, 2.05) is 59.5 Å². The summed E-state index contributed by atoms with van der Waals surface area (Å²) in [5.41, 5.74) is 2.68. The number of benzene rings is 2. The molecule has 1 amide bonds. The maximum Gasteiger partial charge on any atom is 0.254 e. The Morgan fingerprint density at radius 1 is 1.13 bits per heavy atom. The number of anilines is 2. The van der Waals surface area contributed by atoms with E-state index in [9.17, 15) is 4.79 Å². The van der Waals surface area contributed by atoms with Crippen LogP contribution in [-0.2, 0) is 0 Å². The Bertz CT molecular complexity index is 648. The highest BCUT2D eigenvalue weighted by molar-refractivity contribution is 5.95. The summed E-state index contributed by atoms with van der Waals surface area (Å²) < 4.78 is 0. The first-order valence-electron chi connectivity index (χ1n) is 7.68. The highest BCUT2D eigenvalue weighted by atomic mass is 35.5. The van der Waals surface area contributed by atoms with E-state index in [0.29, 0.717) is 0 Å². The molecule has 1 aliphatic heterocycles. The van der Waals surface area contributed by atoms with E-state index in [1.54, 1.807) is 0 Å². The largest absolute Gasteiger partial charge is 0.356 e. The lowest BCUT2D eigenvalue weighted by Crippen LogP contribution is -2.52. The Labute approximate surface area is 143 Å². The van der Waals surface area contributed by atoms with Crippen LogP contribution in [-0.4, -0.2) is 36.5 Å². The minimum Gasteiger partial charge on any atom is -0.356 e. The van der Waals surface area contributed by atoms with Gasteiger partial charge in [-0.25, -0.2) is 0 Å². The first-order chi connectivity index (χ1) is 10.7. The molecule has 0 bridgehead atoms. The van der Waals surface area contributed by atoms with Crippen LogP contribution >= 0.6 is 12.4 Å². The molecule has 1 heterocycles. The van der Waals surface area contributed by atoms with Gasteiger partial charge in [0.2, 0.25) is 0 Å². The Morgan fingerprint density at radius 3 is 2.61 bits per heavy atom. The molecule has 2 aromatic rings. The molecule has 1 aliphatic rings. The number of hydrogen-bond acceptors (Lipinski definition) is 3. The van der Waals surface area contributed by atoms with E-state index in [2.05, 4.69) is 17.6 Å². The lowest BCUT2D eigenvalue weighted by molar-refractivity contribution is 0.0656. The summed E-state index contributed by atoms with van der Waals surface area (Å²) in [6, 6.07) is 17.9. The fraction of sp³-hybridized carbons (Fsp3) is 0.278. The van der Waals surface area contributed by atoms with Gasteiger partial charge in [0.25, 0.3) is 5.91 Å². The van der Waals surface area contributed by atoms with Gasteiger partial charge in [0, 0.05) is 42.6 Å². The second kappa shape index (κ2) is 7.99. The molecule has 0 saturated carbocycles. The van der Waals surface area contributed by atoms with Crippen molar-refractivity contribution >= 4 is 29.7 Å². The van der Waals surface area contributed by atoms with Crippen molar-refractivity contribution in [1.82, 2.24) is 10.2 Å². The molecule has 1 fully saturated rings. The van der Waals surface area contributed by atoms with Crippen LogP contribution < -0.4 is 10.6 Å².